The molecule has 0 amide bonds. The molecular formula is C24H30FN5O3. The average Bonchev–Trinajstić information content (AvgIpc) is 2.83. The minimum Gasteiger partial charge on any atom is -0.494 e. The van der Waals surface area contributed by atoms with Crippen molar-refractivity contribution in [1.82, 2.24) is 10.3 Å². The van der Waals surface area contributed by atoms with Gasteiger partial charge in [0.05, 0.1) is 32.6 Å². The molecule has 0 unspecified atom stereocenters. The molecule has 1 aliphatic heterocycles. The topological polar surface area (TPSA) is 80.0 Å². The number of morpholine rings is 1. The molecule has 1 saturated heterocycles. The SMILES string of the molecule is C=N/C(=N\C(=C(/C)F)N1CCOCC1)N/N=C/c1c(OCC)ccc2ccc(OCC)cc12. The van der Waals surface area contributed by atoms with Crippen LogP contribution in [0.2, 0.25) is 0 Å². The van der Waals surface area contributed by atoms with E-state index in [1.165, 1.54) is 6.92 Å². The molecule has 0 atom stereocenters. The Labute approximate surface area is 193 Å². The molecule has 0 bridgehead atoms. The lowest BCUT2D eigenvalue weighted by Gasteiger charge is -2.28. The van der Waals surface area contributed by atoms with Crippen LogP contribution in [0.4, 0.5) is 4.39 Å². The van der Waals surface area contributed by atoms with E-state index in [-0.39, 0.29) is 11.8 Å². The molecule has 0 aromatic heterocycles. The summed E-state index contributed by atoms with van der Waals surface area (Å²) in [6.45, 7) is 11.9. The number of guanidine groups is 1. The zero-order valence-corrected chi connectivity index (χ0v) is 19.3. The smallest absolute Gasteiger partial charge is 0.244 e. The Morgan fingerprint density at radius 1 is 1.18 bits per heavy atom. The van der Waals surface area contributed by atoms with Gasteiger partial charge in [-0.1, -0.05) is 12.1 Å². The van der Waals surface area contributed by atoms with E-state index in [1.807, 2.05) is 49.1 Å². The van der Waals surface area contributed by atoms with E-state index in [9.17, 15) is 4.39 Å². The molecule has 0 spiro atoms. The number of rotatable bonds is 8. The number of hydrogen-bond donors (Lipinski definition) is 1. The van der Waals surface area contributed by atoms with Gasteiger partial charge in [-0.25, -0.2) is 14.8 Å². The number of halogens is 1. The summed E-state index contributed by atoms with van der Waals surface area (Å²) in [4.78, 5) is 9.96. The molecule has 2 aromatic carbocycles. The molecule has 2 aromatic rings. The quantitative estimate of drug-likeness (QED) is 0.368. The number of benzene rings is 2. The van der Waals surface area contributed by atoms with Gasteiger partial charge in [-0.05, 0) is 56.5 Å². The second-order valence-corrected chi connectivity index (χ2v) is 7.15. The number of allylic oxidation sites excluding steroid dienone is 1. The first-order valence-electron chi connectivity index (χ1n) is 10.9. The van der Waals surface area contributed by atoms with Crippen molar-refractivity contribution in [1.29, 1.82) is 0 Å². The van der Waals surface area contributed by atoms with Crippen molar-refractivity contribution in [2.45, 2.75) is 20.8 Å². The fraction of sp³-hybridized carbons (Fsp3) is 0.375. The van der Waals surface area contributed by atoms with Gasteiger partial charge in [0.15, 0.2) is 5.82 Å². The Kier molecular flexibility index (Phi) is 8.77. The normalized spacial score (nSPS) is 15.5. The molecule has 8 nitrogen and oxygen atoms in total. The van der Waals surface area contributed by atoms with Crippen molar-refractivity contribution in [3.8, 4) is 11.5 Å². The summed E-state index contributed by atoms with van der Waals surface area (Å²) in [7, 11) is 0. The standard InChI is InChI=1S/C24H30FN5O3/c1-5-32-19-9-7-18-8-10-22(33-6-2)21(20(18)15-19)16-27-29-24(26-4)28-23(17(3)25)30-11-13-31-14-12-30/h7-10,15-16H,4-6,11-14H2,1-3H3,(H,28,29)/b23-17-,27-16+. The van der Waals surface area contributed by atoms with Crippen LogP contribution in [0.15, 0.2) is 57.1 Å². The molecule has 3 rings (SSSR count). The fourth-order valence-electron chi connectivity index (χ4n) is 3.46. The minimum atomic E-state index is -0.417. The molecule has 176 valence electrons. The van der Waals surface area contributed by atoms with Gasteiger partial charge in [0.1, 0.15) is 17.3 Å². The van der Waals surface area contributed by atoms with Gasteiger partial charge in [0.25, 0.3) is 0 Å². The second-order valence-electron chi connectivity index (χ2n) is 7.15. The lowest BCUT2D eigenvalue weighted by molar-refractivity contribution is 0.0518. The molecule has 1 fully saturated rings. The van der Waals surface area contributed by atoms with Gasteiger partial charge >= 0.3 is 0 Å². The minimum absolute atomic E-state index is 0.0814. The molecule has 0 aliphatic carbocycles. The van der Waals surface area contributed by atoms with Crippen molar-refractivity contribution < 1.29 is 18.6 Å². The molecule has 9 heteroatoms. The predicted octanol–water partition coefficient (Wildman–Crippen LogP) is 4.11. The Balaban J connectivity index is 1.90. The summed E-state index contributed by atoms with van der Waals surface area (Å²) in [5, 5.41) is 6.24. The summed E-state index contributed by atoms with van der Waals surface area (Å²) in [6.07, 6.45) is 1.63. The molecule has 1 aliphatic rings. The summed E-state index contributed by atoms with van der Waals surface area (Å²) >= 11 is 0. The van der Waals surface area contributed by atoms with E-state index in [4.69, 9.17) is 14.2 Å². The zero-order chi connectivity index (χ0) is 23.6. The first-order valence-corrected chi connectivity index (χ1v) is 10.9. The third-order valence-corrected chi connectivity index (χ3v) is 4.94. The molecule has 0 radical (unpaired) electrons. The van der Waals surface area contributed by atoms with Crippen LogP contribution in [0.5, 0.6) is 11.5 Å². The largest absolute Gasteiger partial charge is 0.494 e. The Morgan fingerprint density at radius 2 is 1.91 bits per heavy atom. The van der Waals surface area contributed by atoms with E-state index in [2.05, 4.69) is 27.2 Å². The first kappa shape index (κ1) is 24.2. The van der Waals surface area contributed by atoms with E-state index in [0.29, 0.717) is 45.3 Å². The number of hydrogen-bond acceptors (Lipinski definition) is 6. The van der Waals surface area contributed by atoms with Crippen LogP contribution in [0.1, 0.15) is 26.3 Å². The van der Waals surface area contributed by atoms with Gasteiger partial charge in [-0.3, -0.25) is 0 Å². The maximum absolute atomic E-state index is 14.2. The summed E-state index contributed by atoms with van der Waals surface area (Å²) < 4.78 is 31.0. The number of ether oxygens (including phenoxy) is 3. The predicted molar refractivity (Wildman–Crippen MR) is 130 cm³/mol. The lowest BCUT2D eigenvalue weighted by atomic mass is 10.0. The Morgan fingerprint density at radius 3 is 2.58 bits per heavy atom. The lowest BCUT2D eigenvalue weighted by Crippen LogP contribution is -2.36. The molecule has 1 N–H and O–H groups in total. The van der Waals surface area contributed by atoms with Gasteiger partial charge < -0.3 is 19.1 Å². The highest BCUT2D eigenvalue weighted by atomic mass is 19.1. The Hall–Kier alpha value is -3.46. The third-order valence-electron chi connectivity index (χ3n) is 4.94. The molecular weight excluding hydrogens is 425 g/mol. The van der Waals surface area contributed by atoms with Crippen LogP contribution in [-0.2, 0) is 4.74 Å². The summed E-state index contributed by atoms with van der Waals surface area (Å²) in [5.41, 5.74) is 3.54. The number of hydrazone groups is 1. The first-order chi connectivity index (χ1) is 16.1. The monoisotopic (exact) mass is 455 g/mol. The van der Waals surface area contributed by atoms with Gasteiger partial charge in [0.2, 0.25) is 5.96 Å². The van der Waals surface area contributed by atoms with E-state index in [1.54, 1.807) is 6.21 Å². The van der Waals surface area contributed by atoms with Crippen LogP contribution in [0, 0.1) is 0 Å². The van der Waals surface area contributed by atoms with Crippen LogP contribution < -0.4 is 14.9 Å². The molecule has 33 heavy (non-hydrogen) atoms. The maximum Gasteiger partial charge on any atom is 0.244 e. The van der Waals surface area contributed by atoms with E-state index in [0.717, 1.165) is 22.1 Å². The van der Waals surface area contributed by atoms with Gasteiger partial charge in [-0.15, -0.1) is 0 Å². The Bertz CT molecular complexity index is 1050. The van der Waals surface area contributed by atoms with Crippen molar-refractivity contribution in [3.05, 3.63) is 47.5 Å². The van der Waals surface area contributed by atoms with Crippen LogP contribution in [-0.4, -0.2) is 63.3 Å². The molecule has 0 saturated carbocycles. The molecule has 1 heterocycles. The highest BCUT2D eigenvalue weighted by molar-refractivity contribution is 6.03. The van der Waals surface area contributed by atoms with Crippen molar-refractivity contribution >= 4 is 29.7 Å². The number of nitrogens with zero attached hydrogens (tertiary/aromatic N) is 4. The van der Waals surface area contributed by atoms with Gasteiger partial charge in [-0.2, -0.15) is 10.1 Å². The maximum atomic E-state index is 14.2. The number of aliphatic imine (C=N–C) groups is 2. The van der Waals surface area contributed by atoms with Crippen LogP contribution in [0.25, 0.3) is 10.8 Å². The number of fused-ring (bicyclic) bond motifs is 1. The summed E-state index contributed by atoms with van der Waals surface area (Å²) in [5.74, 6) is 1.29. The number of nitrogens with one attached hydrogen (secondary N) is 1. The van der Waals surface area contributed by atoms with Crippen LogP contribution >= 0.6 is 0 Å². The highest BCUT2D eigenvalue weighted by Gasteiger charge is 2.17. The second kappa shape index (κ2) is 12.0. The average molecular weight is 456 g/mol. The van der Waals surface area contributed by atoms with E-state index >= 15 is 0 Å². The fourth-order valence-corrected chi connectivity index (χ4v) is 3.46. The van der Waals surface area contributed by atoms with Crippen molar-refractivity contribution in [2.24, 2.45) is 15.1 Å². The van der Waals surface area contributed by atoms with Crippen LogP contribution in [0.3, 0.4) is 0 Å². The zero-order valence-electron chi connectivity index (χ0n) is 19.3. The van der Waals surface area contributed by atoms with Gasteiger partial charge in [0, 0.05) is 18.7 Å². The van der Waals surface area contributed by atoms with Crippen molar-refractivity contribution in [2.75, 3.05) is 39.5 Å². The highest BCUT2D eigenvalue weighted by Crippen LogP contribution is 2.30. The van der Waals surface area contributed by atoms with E-state index < -0.39 is 5.83 Å². The van der Waals surface area contributed by atoms with Crippen molar-refractivity contribution in [3.63, 3.8) is 0 Å². The third kappa shape index (κ3) is 6.29. The summed E-state index contributed by atoms with van der Waals surface area (Å²) in [6, 6.07) is 9.76.